The molecule has 0 aromatic heterocycles. The van der Waals surface area contributed by atoms with Crippen molar-refractivity contribution in [1.29, 1.82) is 0 Å². The fraction of sp³-hybridized carbons (Fsp3) is 1.00. The van der Waals surface area contributed by atoms with Crippen LogP contribution in [-0.2, 0) is 4.74 Å². The number of hydrogen-bond acceptors (Lipinski definition) is 2. The minimum atomic E-state index is 0.181. The third-order valence-electron chi connectivity index (χ3n) is 5.19. The van der Waals surface area contributed by atoms with Crippen LogP contribution in [0.5, 0.6) is 0 Å². The first-order valence-corrected chi connectivity index (χ1v) is 7.16. The average molecular weight is 223 g/mol. The van der Waals surface area contributed by atoms with Crippen LogP contribution in [0.3, 0.4) is 0 Å². The van der Waals surface area contributed by atoms with Gasteiger partial charge in [0.05, 0.1) is 11.2 Å². The largest absolute Gasteiger partial charge is 0.366 e. The topological polar surface area (TPSA) is 21.3 Å². The smallest absolute Gasteiger partial charge is 0.0839 e. The van der Waals surface area contributed by atoms with E-state index in [9.17, 15) is 0 Å². The zero-order valence-corrected chi connectivity index (χ0v) is 10.6. The molecule has 1 N–H and O–H groups in total. The van der Waals surface area contributed by atoms with E-state index in [2.05, 4.69) is 12.2 Å². The van der Waals surface area contributed by atoms with E-state index < -0.39 is 0 Å². The highest BCUT2D eigenvalue weighted by Crippen LogP contribution is 2.45. The molecule has 16 heavy (non-hydrogen) atoms. The second-order valence-corrected chi connectivity index (χ2v) is 6.31. The molecule has 0 radical (unpaired) electrons. The summed E-state index contributed by atoms with van der Waals surface area (Å²) in [6, 6.07) is 0. The van der Waals surface area contributed by atoms with Gasteiger partial charge in [-0.15, -0.1) is 0 Å². The van der Waals surface area contributed by atoms with Gasteiger partial charge < -0.3 is 10.1 Å². The summed E-state index contributed by atoms with van der Waals surface area (Å²) in [5, 5.41) is 3.68. The van der Waals surface area contributed by atoms with Crippen molar-refractivity contribution in [3.05, 3.63) is 0 Å². The van der Waals surface area contributed by atoms with Crippen LogP contribution in [0.15, 0.2) is 0 Å². The summed E-state index contributed by atoms with van der Waals surface area (Å²) in [6.07, 6.45) is 10.7. The van der Waals surface area contributed by atoms with Gasteiger partial charge in [0.1, 0.15) is 0 Å². The molecule has 2 spiro atoms. The predicted molar refractivity (Wildman–Crippen MR) is 65.5 cm³/mol. The number of hydrogen-bond donors (Lipinski definition) is 1. The summed E-state index contributed by atoms with van der Waals surface area (Å²) in [4.78, 5) is 0. The Balaban J connectivity index is 1.79. The van der Waals surface area contributed by atoms with E-state index in [0.29, 0.717) is 0 Å². The zero-order valence-electron chi connectivity index (χ0n) is 10.6. The highest BCUT2D eigenvalue weighted by Gasteiger charge is 2.49. The maximum Gasteiger partial charge on any atom is 0.0839 e. The second kappa shape index (κ2) is 3.99. The molecule has 0 bridgehead atoms. The van der Waals surface area contributed by atoms with E-state index in [1.54, 1.807) is 0 Å². The van der Waals surface area contributed by atoms with Crippen LogP contribution in [0.1, 0.15) is 58.3 Å². The van der Waals surface area contributed by atoms with Crippen molar-refractivity contribution < 1.29 is 4.74 Å². The van der Waals surface area contributed by atoms with Gasteiger partial charge in [0.2, 0.25) is 0 Å². The van der Waals surface area contributed by atoms with Crippen LogP contribution in [0, 0.1) is 5.92 Å². The molecular formula is C14H25NO. The van der Waals surface area contributed by atoms with E-state index in [1.165, 1.54) is 51.4 Å². The van der Waals surface area contributed by atoms with Crippen molar-refractivity contribution in [3.63, 3.8) is 0 Å². The summed E-state index contributed by atoms with van der Waals surface area (Å²) in [5.41, 5.74) is 0.394. The molecule has 3 fully saturated rings. The minimum Gasteiger partial charge on any atom is -0.366 e. The first-order valence-electron chi connectivity index (χ1n) is 7.16. The van der Waals surface area contributed by atoms with Crippen LogP contribution < -0.4 is 5.32 Å². The Morgan fingerprint density at radius 2 is 1.75 bits per heavy atom. The van der Waals surface area contributed by atoms with Crippen molar-refractivity contribution in [2.45, 2.75) is 69.5 Å². The van der Waals surface area contributed by atoms with Gasteiger partial charge in [0.25, 0.3) is 0 Å². The van der Waals surface area contributed by atoms with Crippen LogP contribution in [0.2, 0.25) is 0 Å². The molecule has 2 atom stereocenters. The van der Waals surface area contributed by atoms with E-state index in [4.69, 9.17) is 4.74 Å². The van der Waals surface area contributed by atoms with Crippen LogP contribution in [0.4, 0.5) is 0 Å². The van der Waals surface area contributed by atoms with Gasteiger partial charge in [0.15, 0.2) is 0 Å². The Morgan fingerprint density at radius 3 is 2.50 bits per heavy atom. The Bertz CT molecular complexity index is 255. The fourth-order valence-electron chi connectivity index (χ4n) is 4.10. The lowest BCUT2D eigenvalue weighted by Crippen LogP contribution is -2.62. The van der Waals surface area contributed by atoms with Gasteiger partial charge >= 0.3 is 0 Å². The number of rotatable bonds is 0. The Labute approximate surface area is 99.1 Å². The molecule has 0 aromatic rings. The van der Waals surface area contributed by atoms with E-state index in [1.807, 2.05) is 0 Å². The van der Waals surface area contributed by atoms with Crippen molar-refractivity contribution in [2.24, 2.45) is 5.92 Å². The fourth-order valence-corrected chi connectivity index (χ4v) is 4.10. The predicted octanol–water partition coefficient (Wildman–Crippen LogP) is 2.87. The molecule has 3 rings (SSSR count). The standard InChI is InChI=1S/C14H25NO/c1-12-6-2-3-9-14(12)11-15-10-13(16-14)7-4-5-8-13/h12,15H,2-11H2,1H3. The molecular weight excluding hydrogens is 198 g/mol. The van der Waals surface area contributed by atoms with Crippen molar-refractivity contribution in [1.82, 2.24) is 5.32 Å². The van der Waals surface area contributed by atoms with Gasteiger partial charge in [-0.3, -0.25) is 0 Å². The minimum absolute atomic E-state index is 0.181. The van der Waals surface area contributed by atoms with Gasteiger partial charge in [-0.25, -0.2) is 0 Å². The molecule has 3 aliphatic rings. The van der Waals surface area contributed by atoms with E-state index >= 15 is 0 Å². The SMILES string of the molecule is CC1CCCCC12CNCC1(CCCC1)O2. The van der Waals surface area contributed by atoms with Crippen molar-refractivity contribution in [3.8, 4) is 0 Å². The Kier molecular flexibility index (Phi) is 2.75. The van der Waals surface area contributed by atoms with Crippen molar-refractivity contribution >= 4 is 0 Å². The molecule has 92 valence electrons. The average Bonchev–Trinajstić information content (AvgIpc) is 2.71. The summed E-state index contributed by atoms with van der Waals surface area (Å²) >= 11 is 0. The summed E-state index contributed by atoms with van der Waals surface area (Å²) in [6.45, 7) is 4.59. The molecule has 1 aliphatic heterocycles. The molecule has 0 aromatic carbocycles. The Hall–Kier alpha value is -0.0800. The third kappa shape index (κ3) is 1.70. The lowest BCUT2D eigenvalue weighted by Gasteiger charge is -2.52. The number of morpholine rings is 1. The summed E-state index contributed by atoms with van der Waals surface area (Å²) in [7, 11) is 0. The monoisotopic (exact) mass is 223 g/mol. The maximum absolute atomic E-state index is 6.71. The van der Waals surface area contributed by atoms with Crippen LogP contribution >= 0.6 is 0 Å². The van der Waals surface area contributed by atoms with Gasteiger partial charge in [-0.1, -0.05) is 32.6 Å². The van der Waals surface area contributed by atoms with Gasteiger partial charge in [0, 0.05) is 13.1 Å². The highest BCUT2D eigenvalue weighted by atomic mass is 16.5. The third-order valence-corrected chi connectivity index (χ3v) is 5.19. The lowest BCUT2D eigenvalue weighted by atomic mass is 9.74. The number of ether oxygens (including phenoxy) is 1. The molecule has 2 heteroatoms. The second-order valence-electron chi connectivity index (χ2n) is 6.31. The molecule has 2 aliphatic carbocycles. The zero-order chi connectivity index (χ0) is 11.1. The van der Waals surface area contributed by atoms with Gasteiger partial charge in [-0.2, -0.15) is 0 Å². The maximum atomic E-state index is 6.71. The molecule has 1 saturated heterocycles. The van der Waals surface area contributed by atoms with E-state index in [0.717, 1.165) is 19.0 Å². The summed E-state index contributed by atoms with van der Waals surface area (Å²) < 4.78 is 6.71. The molecule has 2 unspecified atom stereocenters. The number of nitrogens with one attached hydrogen (secondary N) is 1. The molecule has 2 saturated carbocycles. The van der Waals surface area contributed by atoms with E-state index in [-0.39, 0.29) is 11.2 Å². The van der Waals surface area contributed by atoms with Crippen molar-refractivity contribution in [2.75, 3.05) is 13.1 Å². The highest BCUT2D eigenvalue weighted by molar-refractivity contribution is 5.02. The first kappa shape index (κ1) is 11.0. The molecule has 0 amide bonds. The lowest BCUT2D eigenvalue weighted by molar-refractivity contribution is -0.208. The first-order chi connectivity index (χ1) is 7.75. The molecule has 2 nitrogen and oxygen atoms in total. The molecule has 1 heterocycles. The van der Waals surface area contributed by atoms with Gasteiger partial charge in [-0.05, 0) is 31.6 Å². The summed E-state index contributed by atoms with van der Waals surface area (Å²) in [5.74, 6) is 0.742. The Morgan fingerprint density at radius 1 is 1.00 bits per heavy atom. The van der Waals surface area contributed by atoms with Crippen LogP contribution in [-0.4, -0.2) is 24.3 Å². The quantitative estimate of drug-likeness (QED) is 0.682. The van der Waals surface area contributed by atoms with Crippen LogP contribution in [0.25, 0.3) is 0 Å². The normalized spacial score (nSPS) is 42.9.